The topological polar surface area (TPSA) is 69.6 Å². The molecular formula is C14H16F4N2O3. The minimum atomic E-state index is -4.78. The largest absolute Gasteiger partial charge is 0.481 e. The van der Waals surface area contributed by atoms with Crippen LogP contribution in [0.4, 0.5) is 22.4 Å². The van der Waals surface area contributed by atoms with Crippen molar-refractivity contribution in [3.63, 3.8) is 0 Å². The van der Waals surface area contributed by atoms with Gasteiger partial charge in [-0.25, -0.2) is 9.18 Å². The van der Waals surface area contributed by atoms with E-state index in [9.17, 15) is 27.2 Å². The number of aliphatic carboxylic acids is 1. The summed E-state index contributed by atoms with van der Waals surface area (Å²) in [5, 5.41) is 10.5. The summed E-state index contributed by atoms with van der Waals surface area (Å²) < 4.78 is 52.1. The van der Waals surface area contributed by atoms with Gasteiger partial charge in [0.2, 0.25) is 0 Å². The molecule has 5 nitrogen and oxygen atoms in total. The van der Waals surface area contributed by atoms with E-state index in [1.807, 2.05) is 0 Å². The van der Waals surface area contributed by atoms with E-state index in [4.69, 9.17) is 5.11 Å². The Hall–Kier alpha value is -2.32. The molecule has 0 fully saturated rings. The molecule has 2 N–H and O–H groups in total. The Morgan fingerprint density at radius 1 is 1.26 bits per heavy atom. The summed E-state index contributed by atoms with van der Waals surface area (Å²) >= 11 is 0. The van der Waals surface area contributed by atoms with Gasteiger partial charge in [-0.05, 0) is 17.7 Å². The van der Waals surface area contributed by atoms with Crippen molar-refractivity contribution in [2.24, 2.45) is 5.92 Å². The normalized spacial score (nSPS) is 14.0. The van der Waals surface area contributed by atoms with Gasteiger partial charge in [0.15, 0.2) is 6.04 Å². The summed E-state index contributed by atoms with van der Waals surface area (Å²) in [4.78, 5) is 23.4. The van der Waals surface area contributed by atoms with Crippen LogP contribution < -0.4 is 5.32 Å². The molecule has 0 aliphatic heterocycles. The van der Waals surface area contributed by atoms with Gasteiger partial charge in [-0.15, -0.1) is 0 Å². The van der Waals surface area contributed by atoms with Crippen LogP contribution in [0.3, 0.4) is 0 Å². The van der Waals surface area contributed by atoms with E-state index in [2.05, 4.69) is 0 Å². The van der Waals surface area contributed by atoms with Crippen molar-refractivity contribution in [2.75, 3.05) is 13.6 Å². The summed E-state index contributed by atoms with van der Waals surface area (Å²) in [6.07, 6.45) is -4.78. The predicted molar refractivity (Wildman–Crippen MR) is 73.2 cm³/mol. The van der Waals surface area contributed by atoms with Crippen LogP contribution in [-0.2, 0) is 4.79 Å². The van der Waals surface area contributed by atoms with Gasteiger partial charge in [-0.3, -0.25) is 4.79 Å². The number of benzene rings is 1. The average Bonchev–Trinajstić information content (AvgIpc) is 2.44. The molecule has 0 saturated heterocycles. The Morgan fingerprint density at radius 2 is 1.78 bits per heavy atom. The van der Waals surface area contributed by atoms with Crippen LogP contribution >= 0.6 is 0 Å². The summed E-state index contributed by atoms with van der Waals surface area (Å²) in [6.45, 7) is 1.07. The standard InChI is InChI=1S/C14H16F4N2O3/c1-8(12(21)22)7-20(2)13(23)19-11(14(16,17)18)9-3-5-10(15)6-4-9/h3-6,8,11H,7H2,1-2H3,(H,19,23)(H,21,22)/t8?,11-/m0/s1. The maximum absolute atomic E-state index is 13.1. The number of amides is 2. The van der Waals surface area contributed by atoms with Crippen LogP contribution in [0.15, 0.2) is 24.3 Å². The number of hydrogen-bond donors (Lipinski definition) is 2. The van der Waals surface area contributed by atoms with Gasteiger partial charge in [0.1, 0.15) is 5.82 Å². The van der Waals surface area contributed by atoms with E-state index < -0.39 is 36.0 Å². The molecule has 1 aromatic rings. The van der Waals surface area contributed by atoms with Crippen molar-refractivity contribution in [3.05, 3.63) is 35.6 Å². The number of urea groups is 1. The minimum Gasteiger partial charge on any atom is -0.481 e. The molecule has 0 aliphatic carbocycles. The van der Waals surface area contributed by atoms with Crippen molar-refractivity contribution in [3.8, 4) is 0 Å². The van der Waals surface area contributed by atoms with Gasteiger partial charge in [-0.2, -0.15) is 13.2 Å². The Morgan fingerprint density at radius 3 is 2.22 bits per heavy atom. The molecular weight excluding hydrogens is 320 g/mol. The number of hydrogen-bond acceptors (Lipinski definition) is 2. The number of rotatable bonds is 5. The molecule has 128 valence electrons. The summed E-state index contributed by atoms with van der Waals surface area (Å²) in [5.74, 6) is -2.80. The number of carboxylic acids is 1. The molecule has 0 aromatic heterocycles. The van der Waals surface area contributed by atoms with E-state index in [0.29, 0.717) is 0 Å². The monoisotopic (exact) mass is 336 g/mol. The van der Waals surface area contributed by atoms with Gasteiger partial charge in [-0.1, -0.05) is 19.1 Å². The van der Waals surface area contributed by atoms with Crippen molar-refractivity contribution >= 4 is 12.0 Å². The molecule has 23 heavy (non-hydrogen) atoms. The molecule has 0 heterocycles. The first-order valence-corrected chi connectivity index (χ1v) is 6.59. The van der Waals surface area contributed by atoms with Crippen LogP contribution in [0.2, 0.25) is 0 Å². The maximum atomic E-state index is 13.1. The maximum Gasteiger partial charge on any atom is 0.412 e. The molecule has 1 aromatic carbocycles. The van der Waals surface area contributed by atoms with E-state index >= 15 is 0 Å². The van der Waals surface area contributed by atoms with Crippen LogP contribution in [0.1, 0.15) is 18.5 Å². The molecule has 0 radical (unpaired) electrons. The number of carbonyl (C=O) groups excluding carboxylic acids is 1. The Labute approximate surface area is 129 Å². The number of carbonyl (C=O) groups is 2. The second-order valence-corrected chi connectivity index (χ2v) is 5.10. The van der Waals surface area contributed by atoms with Crippen LogP contribution in [0.25, 0.3) is 0 Å². The molecule has 1 rings (SSSR count). The van der Waals surface area contributed by atoms with Crippen molar-refractivity contribution < 1.29 is 32.3 Å². The molecule has 0 aliphatic rings. The zero-order valence-corrected chi connectivity index (χ0v) is 12.4. The van der Waals surface area contributed by atoms with Gasteiger partial charge in [0.05, 0.1) is 5.92 Å². The third-order valence-corrected chi connectivity index (χ3v) is 3.11. The minimum absolute atomic E-state index is 0.255. The van der Waals surface area contributed by atoms with E-state index in [-0.39, 0.29) is 12.1 Å². The lowest BCUT2D eigenvalue weighted by Crippen LogP contribution is -2.46. The quantitative estimate of drug-likeness (QED) is 0.813. The first-order valence-electron chi connectivity index (χ1n) is 6.59. The molecule has 2 atom stereocenters. The summed E-state index contributed by atoms with van der Waals surface area (Å²) in [5.41, 5.74) is -0.327. The van der Waals surface area contributed by atoms with Crippen molar-refractivity contribution in [1.29, 1.82) is 0 Å². The van der Waals surface area contributed by atoms with Crippen molar-refractivity contribution in [2.45, 2.75) is 19.1 Å². The Kier molecular flexibility index (Phi) is 5.94. The summed E-state index contributed by atoms with van der Waals surface area (Å²) in [6, 6.07) is 0.164. The first-order chi connectivity index (χ1) is 10.5. The van der Waals surface area contributed by atoms with Gasteiger partial charge < -0.3 is 15.3 Å². The highest BCUT2D eigenvalue weighted by atomic mass is 19.4. The average molecular weight is 336 g/mol. The van der Waals surface area contributed by atoms with Crippen molar-refractivity contribution in [1.82, 2.24) is 10.2 Å². The molecule has 0 saturated carbocycles. The Bertz CT molecular complexity index is 560. The first kappa shape index (κ1) is 18.7. The third-order valence-electron chi connectivity index (χ3n) is 3.11. The number of halogens is 4. The molecule has 1 unspecified atom stereocenters. The van der Waals surface area contributed by atoms with E-state index in [1.165, 1.54) is 14.0 Å². The molecule has 0 spiro atoms. The fourth-order valence-electron chi connectivity index (χ4n) is 1.81. The molecule has 9 heteroatoms. The third kappa shape index (κ3) is 5.42. The fourth-order valence-corrected chi connectivity index (χ4v) is 1.81. The second kappa shape index (κ2) is 7.30. The lowest BCUT2D eigenvalue weighted by Gasteiger charge is -2.26. The number of carboxylic acid groups (broad SMARTS) is 1. The zero-order chi connectivity index (χ0) is 17.8. The number of nitrogens with zero attached hydrogens (tertiary/aromatic N) is 1. The zero-order valence-electron chi connectivity index (χ0n) is 12.4. The van der Waals surface area contributed by atoms with E-state index in [1.54, 1.807) is 5.32 Å². The van der Waals surface area contributed by atoms with Gasteiger partial charge >= 0.3 is 18.2 Å². The molecule has 2 amide bonds. The lowest BCUT2D eigenvalue weighted by molar-refractivity contribution is -0.155. The van der Waals surface area contributed by atoms with Gasteiger partial charge in [0, 0.05) is 13.6 Å². The highest BCUT2D eigenvalue weighted by Crippen LogP contribution is 2.32. The fraction of sp³-hybridized carbons (Fsp3) is 0.429. The van der Waals surface area contributed by atoms with Crippen LogP contribution in [0.5, 0.6) is 0 Å². The SMILES string of the molecule is CC(CN(C)C(=O)N[C@@H](c1ccc(F)cc1)C(F)(F)F)C(=O)O. The lowest BCUT2D eigenvalue weighted by atomic mass is 10.1. The van der Waals surface area contributed by atoms with Gasteiger partial charge in [0.25, 0.3) is 0 Å². The number of alkyl halides is 3. The highest BCUT2D eigenvalue weighted by molar-refractivity contribution is 5.76. The van der Waals surface area contributed by atoms with Crippen LogP contribution in [-0.4, -0.2) is 41.8 Å². The number of nitrogens with one attached hydrogen (secondary N) is 1. The second-order valence-electron chi connectivity index (χ2n) is 5.10. The van der Waals surface area contributed by atoms with E-state index in [0.717, 1.165) is 29.2 Å². The smallest absolute Gasteiger partial charge is 0.412 e. The Balaban J connectivity index is 2.88. The van der Waals surface area contributed by atoms with Crippen LogP contribution in [0, 0.1) is 11.7 Å². The predicted octanol–water partition coefficient (Wildman–Crippen LogP) is 2.79. The highest BCUT2D eigenvalue weighted by Gasteiger charge is 2.42. The summed E-state index contributed by atoms with van der Waals surface area (Å²) in [7, 11) is 1.19. The molecule has 0 bridgehead atoms.